The molecule has 6 atom stereocenters. The van der Waals surface area contributed by atoms with Gasteiger partial charge in [-0.3, -0.25) is 9.59 Å². The molecule has 3 aliphatic rings. The van der Waals surface area contributed by atoms with E-state index in [4.69, 9.17) is 0 Å². The smallest absolute Gasteiger partial charge is 0.266 e. The first-order chi connectivity index (χ1) is 16.2. The van der Waals surface area contributed by atoms with E-state index >= 15 is 0 Å². The molecule has 2 heterocycles. The van der Waals surface area contributed by atoms with E-state index in [9.17, 15) is 22.8 Å². The van der Waals surface area contributed by atoms with Crippen molar-refractivity contribution in [3.05, 3.63) is 63.3 Å². The fraction of sp³-hybridized carbons (Fsp3) is 0.520. The summed E-state index contributed by atoms with van der Waals surface area (Å²) < 4.78 is 42.5. The van der Waals surface area contributed by atoms with Gasteiger partial charge in [0, 0.05) is 43.0 Å². The number of amides is 1. The van der Waals surface area contributed by atoms with Crippen molar-refractivity contribution in [1.82, 2.24) is 14.8 Å². The minimum atomic E-state index is -2.94. The van der Waals surface area contributed by atoms with Crippen molar-refractivity contribution in [2.24, 2.45) is 17.8 Å². The zero-order chi connectivity index (χ0) is 24.3. The lowest BCUT2D eigenvalue weighted by atomic mass is 10.0. The molecule has 3 fully saturated rings. The number of pyridine rings is 1. The summed E-state index contributed by atoms with van der Waals surface area (Å²) in [7, 11) is 2.07. The Morgan fingerprint density at radius 3 is 2.44 bits per heavy atom. The Labute approximate surface area is 196 Å². The van der Waals surface area contributed by atoms with Gasteiger partial charge in [0.2, 0.25) is 0 Å². The van der Waals surface area contributed by atoms with Gasteiger partial charge in [0.25, 0.3) is 17.9 Å². The summed E-state index contributed by atoms with van der Waals surface area (Å²) >= 11 is 0. The van der Waals surface area contributed by atoms with Gasteiger partial charge >= 0.3 is 0 Å². The first-order valence-electron chi connectivity index (χ1n) is 11.7. The van der Waals surface area contributed by atoms with Gasteiger partial charge in [-0.2, -0.15) is 0 Å². The maximum atomic E-state index is 14.6. The van der Waals surface area contributed by atoms with Crippen molar-refractivity contribution in [3.8, 4) is 0 Å². The molecule has 9 heteroatoms. The topological polar surface area (TPSA) is 66.4 Å². The predicted octanol–water partition coefficient (Wildman–Crippen LogP) is 3.97. The monoisotopic (exact) mass is 474 g/mol. The molecule has 2 aromatic rings. The number of carbonyl (C=O) groups is 1. The molecular weight excluding hydrogens is 445 g/mol. The number of hydrogen-bond acceptors (Lipinski definition) is 4. The van der Waals surface area contributed by atoms with E-state index in [0.29, 0.717) is 29.0 Å². The van der Waals surface area contributed by atoms with Crippen LogP contribution >= 0.6 is 0 Å². The summed E-state index contributed by atoms with van der Waals surface area (Å²) in [6.07, 6.45) is -0.494. The predicted molar refractivity (Wildman–Crippen MR) is 123 cm³/mol. The molecule has 5 rings (SSSR count). The van der Waals surface area contributed by atoms with Crippen LogP contribution in [0.5, 0.6) is 0 Å². The third-order valence-electron chi connectivity index (χ3n) is 7.56. The summed E-state index contributed by atoms with van der Waals surface area (Å²) in [4.78, 5) is 28.4. The van der Waals surface area contributed by atoms with E-state index in [-0.39, 0.29) is 23.2 Å². The van der Waals surface area contributed by atoms with Crippen molar-refractivity contribution in [3.63, 3.8) is 0 Å². The Bertz CT molecular complexity index is 1170. The Balaban J connectivity index is 1.41. The number of hydrogen-bond donors (Lipinski definition) is 2. The average molecular weight is 475 g/mol. The van der Waals surface area contributed by atoms with Crippen LogP contribution in [-0.2, 0) is 0 Å². The third kappa shape index (κ3) is 4.10. The van der Waals surface area contributed by atoms with E-state index < -0.39 is 29.8 Å². The highest BCUT2D eigenvalue weighted by molar-refractivity contribution is 5.99. The van der Waals surface area contributed by atoms with Gasteiger partial charge in [0.05, 0.1) is 22.9 Å². The van der Waals surface area contributed by atoms with Gasteiger partial charge in [-0.1, -0.05) is 25.1 Å². The Hall–Kier alpha value is -2.81. The highest BCUT2D eigenvalue weighted by atomic mass is 19.3. The number of benzene rings is 1. The van der Waals surface area contributed by atoms with Crippen LogP contribution in [0.2, 0.25) is 0 Å². The molecule has 2 aliphatic carbocycles. The Kier molecular flexibility index (Phi) is 5.70. The summed E-state index contributed by atoms with van der Waals surface area (Å²) in [5, 5.41) is 6.14. The molecule has 1 aromatic carbocycles. The van der Waals surface area contributed by atoms with Gasteiger partial charge in [-0.25, -0.2) is 13.2 Å². The molecule has 1 amide bonds. The van der Waals surface area contributed by atoms with Crippen LogP contribution in [0.25, 0.3) is 0 Å². The molecule has 1 aromatic heterocycles. The van der Waals surface area contributed by atoms with Crippen molar-refractivity contribution in [2.75, 3.05) is 25.5 Å². The van der Waals surface area contributed by atoms with Gasteiger partial charge in [0.1, 0.15) is 5.82 Å². The number of anilines is 1. The van der Waals surface area contributed by atoms with Crippen LogP contribution < -0.4 is 16.2 Å². The number of rotatable bonds is 7. The van der Waals surface area contributed by atoms with Crippen LogP contribution in [-0.4, -0.2) is 41.6 Å². The zero-order valence-electron chi connectivity index (χ0n) is 19.4. The molecule has 1 saturated heterocycles. The molecule has 182 valence electrons. The van der Waals surface area contributed by atoms with Crippen molar-refractivity contribution < 1.29 is 18.0 Å². The second-order valence-electron chi connectivity index (χ2n) is 10.1. The molecule has 0 bridgehead atoms. The van der Waals surface area contributed by atoms with E-state index in [2.05, 4.69) is 22.6 Å². The molecule has 2 saturated carbocycles. The summed E-state index contributed by atoms with van der Waals surface area (Å²) in [5.74, 6) is -0.179. The number of nitrogens with zero attached hydrogens (tertiary/aromatic N) is 2. The number of likely N-dealkylation sites (tertiary alicyclic amines) is 1. The fourth-order valence-corrected chi connectivity index (χ4v) is 5.35. The zero-order valence-corrected chi connectivity index (χ0v) is 19.4. The minimum Gasteiger partial charge on any atom is -0.381 e. The highest BCUT2D eigenvalue weighted by Crippen LogP contribution is 2.47. The molecule has 0 unspecified atom stereocenters. The van der Waals surface area contributed by atoms with E-state index in [0.717, 1.165) is 25.6 Å². The number of nitrogens with one attached hydrogen (secondary N) is 2. The molecule has 0 spiro atoms. The standard InChI is InChI=1S/C25H29F3N4O2/c1-12-7-20(12)32-11-18(19(8-21(32)33)30-23-16-9-31(3)10-17(16)23)25(34)29-13(2)14-5-4-6-15(22(14)26)24(27)28/h4-6,8,11-13,16-17,20,23-24,30H,7,9-10H2,1-3H3,(H,29,34)/t12-,13+,16-,17+,20+,23+/m0/s1. The molecule has 0 radical (unpaired) electrons. The molecule has 6 nitrogen and oxygen atoms in total. The maximum absolute atomic E-state index is 14.6. The van der Waals surface area contributed by atoms with Gasteiger partial charge in [-0.15, -0.1) is 0 Å². The summed E-state index contributed by atoms with van der Waals surface area (Å²) in [5.41, 5.74) is -0.107. The molecule has 2 N–H and O–H groups in total. The van der Waals surface area contributed by atoms with Crippen molar-refractivity contribution in [1.29, 1.82) is 0 Å². The van der Waals surface area contributed by atoms with Crippen LogP contribution in [0.1, 0.15) is 60.3 Å². The van der Waals surface area contributed by atoms with E-state index in [1.807, 2.05) is 6.92 Å². The molecule has 34 heavy (non-hydrogen) atoms. The Morgan fingerprint density at radius 2 is 1.82 bits per heavy atom. The van der Waals surface area contributed by atoms with E-state index in [1.54, 1.807) is 17.7 Å². The first-order valence-corrected chi connectivity index (χ1v) is 11.7. The number of halogens is 3. The largest absolute Gasteiger partial charge is 0.381 e. The Morgan fingerprint density at radius 1 is 1.18 bits per heavy atom. The van der Waals surface area contributed by atoms with Crippen molar-refractivity contribution >= 4 is 11.6 Å². The first kappa shape index (κ1) is 23.0. The third-order valence-corrected chi connectivity index (χ3v) is 7.56. The quantitative estimate of drug-likeness (QED) is 0.638. The number of alkyl halides is 2. The lowest BCUT2D eigenvalue weighted by Crippen LogP contribution is -2.32. The van der Waals surface area contributed by atoms with Crippen molar-refractivity contribution in [2.45, 2.75) is 44.8 Å². The SMILES string of the molecule is C[C@@H](NC(=O)c1cn([C@@H]2C[C@@H]2C)c(=O)cc1N[C@H]1[C@@H]2CN(C)C[C@@H]21)c1cccc(C(F)F)c1F. The summed E-state index contributed by atoms with van der Waals surface area (Å²) in [6.45, 7) is 5.54. The van der Waals surface area contributed by atoms with Gasteiger partial charge in [-0.05, 0) is 38.1 Å². The number of aromatic nitrogens is 1. The summed E-state index contributed by atoms with van der Waals surface area (Å²) in [6, 6.07) is 4.67. The molecule has 1 aliphatic heterocycles. The van der Waals surface area contributed by atoms with Crippen LogP contribution in [0, 0.1) is 23.6 Å². The second-order valence-corrected chi connectivity index (χ2v) is 10.1. The number of piperidine rings is 1. The highest BCUT2D eigenvalue weighted by Gasteiger charge is 2.55. The minimum absolute atomic E-state index is 0.00967. The lowest BCUT2D eigenvalue weighted by molar-refractivity contribution is 0.0939. The van der Waals surface area contributed by atoms with Gasteiger partial charge in [0.15, 0.2) is 0 Å². The fourth-order valence-electron chi connectivity index (χ4n) is 5.35. The lowest BCUT2D eigenvalue weighted by Gasteiger charge is -2.20. The average Bonchev–Trinajstić information content (AvgIpc) is 3.60. The van der Waals surface area contributed by atoms with Crippen LogP contribution in [0.4, 0.5) is 18.9 Å². The maximum Gasteiger partial charge on any atom is 0.266 e. The van der Waals surface area contributed by atoms with E-state index in [1.165, 1.54) is 18.2 Å². The van der Waals surface area contributed by atoms with Crippen LogP contribution in [0.3, 0.4) is 0 Å². The normalized spacial score (nSPS) is 28.5. The second kappa shape index (κ2) is 8.45. The number of carbonyl (C=O) groups excluding carboxylic acids is 1. The molecular formula is C25H29F3N4O2. The number of fused-ring (bicyclic) bond motifs is 1. The van der Waals surface area contributed by atoms with Gasteiger partial charge < -0.3 is 20.1 Å². The van der Waals surface area contributed by atoms with Crippen LogP contribution in [0.15, 0.2) is 35.3 Å².